The fourth-order valence-corrected chi connectivity index (χ4v) is 2.20. The lowest BCUT2D eigenvalue weighted by molar-refractivity contribution is 0.0133. The number of likely N-dealkylation sites (tertiary alicyclic amines) is 1. The van der Waals surface area contributed by atoms with Crippen molar-refractivity contribution < 1.29 is 9.53 Å². The van der Waals surface area contributed by atoms with Crippen LogP contribution in [-0.2, 0) is 4.74 Å². The van der Waals surface area contributed by atoms with E-state index in [0.717, 1.165) is 25.9 Å². The molecule has 18 heavy (non-hydrogen) atoms. The van der Waals surface area contributed by atoms with E-state index >= 15 is 0 Å². The van der Waals surface area contributed by atoms with Gasteiger partial charge in [-0.15, -0.1) is 0 Å². The van der Waals surface area contributed by atoms with Gasteiger partial charge in [-0.3, -0.25) is 0 Å². The van der Waals surface area contributed by atoms with Crippen LogP contribution in [0.5, 0.6) is 0 Å². The summed E-state index contributed by atoms with van der Waals surface area (Å²) in [6.45, 7) is 1.85. The number of carbonyl (C=O) groups is 1. The van der Waals surface area contributed by atoms with Crippen LogP contribution in [0.2, 0.25) is 10.2 Å². The normalized spacial score (nSPS) is 17.7. The topological polar surface area (TPSA) is 42.4 Å². The average Bonchev–Trinajstić information content (AvgIpc) is 2.35. The molecule has 1 aliphatic heterocycles. The van der Waals surface area contributed by atoms with Gasteiger partial charge in [0.1, 0.15) is 11.3 Å². The van der Waals surface area contributed by atoms with Gasteiger partial charge >= 0.3 is 5.97 Å². The number of carbonyl (C=O) groups excluding carboxylic acids is 1. The van der Waals surface area contributed by atoms with Crippen LogP contribution in [0, 0.1) is 0 Å². The Labute approximate surface area is 116 Å². The highest BCUT2D eigenvalue weighted by Gasteiger charge is 2.23. The number of nitrogens with zero attached hydrogens (tertiary/aromatic N) is 2. The van der Waals surface area contributed by atoms with E-state index in [0.29, 0.717) is 0 Å². The SMILES string of the molecule is CN1CCC(OC(=O)c2nc(Cl)ccc2Cl)CC1. The van der Waals surface area contributed by atoms with Gasteiger partial charge in [0, 0.05) is 13.1 Å². The third-order valence-electron chi connectivity index (χ3n) is 2.94. The second-order valence-electron chi connectivity index (χ2n) is 4.37. The molecule has 0 aromatic carbocycles. The molecule has 6 heteroatoms. The zero-order valence-electron chi connectivity index (χ0n) is 10.0. The number of rotatable bonds is 2. The van der Waals surface area contributed by atoms with Crippen LogP contribution in [0.25, 0.3) is 0 Å². The molecule has 1 saturated heterocycles. The molecule has 0 unspecified atom stereocenters. The summed E-state index contributed by atoms with van der Waals surface area (Å²) in [6, 6.07) is 3.08. The predicted molar refractivity (Wildman–Crippen MR) is 70.2 cm³/mol. The molecule has 2 rings (SSSR count). The van der Waals surface area contributed by atoms with Crippen LogP contribution >= 0.6 is 23.2 Å². The summed E-state index contributed by atoms with van der Waals surface area (Å²) < 4.78 is 5.39. The van der Waals surface area contributed by atoms with Crippen LogP contribution in [0.15, 0.2) is 12.1 Å². The fourth-order valence-electron chi connectivity index (χ4n) is 1.87. The van der Waals surface area contributed by atoms with Gasteiger partial charge in [-0.2, -0.15) is 0 Å². The predicted octanol–water partition coefficient (Wildman–Crippen LogP) is 2.64. The molecule has 2 heterocycles. The zero-order valence-corrected chi connectivity index (χ0v) is 11.5. The summed E-state index contributed by atoms with van der Waals surface area (Å²) in [5.74, 6) is -0.503. The first kappa shape index (κ1) is 13.6. The van der Waals surface area contributed by atoms with Crippen molar-refractivity contribution in [2.24, 2.45) is 0 Å². The molecule has 1 aliphatic rings. The summed E-state index contributed by atoms with van der Waals surface area (Å²) in [5.41, 5.74) is 0.0862. The van der Waals surface area contributed by atoms with Crippen molar-refractivity contribution in [3.8, 4) is 0 Å². The number of halogens is 2. The number of hydrogen-bond donors (Lipinski definition) is 0. The quantitative estimate of drug-likeness (QED) is 0.620. The minimum absolute atomic E-state index is 0.0643. The molecule has 1 aromatic rings. The average molecular weight is 289 g/mol. The molecule has 0 amide bonds. The molecule has 0 radical (unpaired) electrons. The van der Waals surface area contributed by atoms with E-state index in [4.69, 9.17) is 27.9 Å². The lowest BCUT2D eigenvalue weighted by Gasteiger charge is -2.28. The van der Waals surface area contributed by atoms with Crippen molar-refractivity contribution in [3.63, 3.8) is 0 Å². The van der Waals surface area contributed by atoms with Gasteiger partial charge in [-0.05, 0) is 32.0 Å². The smallest absolute Gasteiger partial charge is 0.358 e. The summed E-state index contributed by atoms with van der Waals surface area (Å²) >= 11 is 11.6. The van der Waals surface area contributed by atoms with Crippen LogP contribution in [0.3, 0.4) is 0 Å². The van der Waals surface area contributed by atoms with Gasteiger partial charge < -0.3 is 9.64 Å². The number of pyridine rings is 1. The van der Waals surface area contributed by atoms with Crippen molar-refractivity contribution in [1.82, 2.24) is 9.88 Å². The lowest BCUT2D eigenvalue weighted by atomic mass is 10.1. The first-order valence-electron chi connectivity index (χ1n) is 5.78. The van der Waals surface area contributed by atoms with E-state index in [-0.39, 0.29) is 22.0 Å². The summed E-state index contributed by atoms with van der Waals surface area (Å²) in [4.78, 5) is 18.0. The van der Waals surface area contributed by atoms with Crippen LogP contribution in [-0.4, -0.2) is 42.1 Å². The van der Waals surface area contributed by atoms with Crippen molar-refractivity contribution in [2.45, 2.75) is 18.9 Å². The van der Waals surface area contributed by atoms with E-state index in [1.54, 1.807) is 6.07 Å². The first-order valence-corrected chi connectivity index (χ1v) is 6.53. The second kappa shape index (κ2) is 5.87. The van der Waals surface area contributed by atoms with Gasteiger partial charge in [0.15, 0.2) is 5.69 Å². The van der Waals surface area contributed by atoms with Crippen molar-refractivity contribution in [3.05, 3.63) is 28.0 Å². The minimum Gasteiger partial charge on any atom is -0.458 e. The van der Waals surface area contributed by atoms with Crippen LogP contribution in [0.1, 0.15) is 23.3 Å². The highest BCUT2D eigenvalue weighted by Crippen LogP contribution is 2.20. The maximum Gasteiger partial charge on any atom is 0.358 e. The molecule has 4 nitrogen and oxygen atoms in total. The monoisotopic (exact) mass is 288 g/mol. The van der Waals surface area contributed by atoms with Gasteiger partial charge in [-0.25, -0.2) is 9.78 Å². The van der Waals surface area contributed by atoms with Gasteiger partial charge in [0.05, 0.1) is 5.02 Å². The number of aromatic nitrogens is 1. The van der Waals surface area contributed by atoms with E-state index < -0.39 is 5.97 Å². The summed E-state index contributed by atoms with van der Waals surface area (Å²) in [6.07, 6.45) is 1.60. The van der Waals surface area contributed by atoms with E-state index in [1.165, 1.54) is 6.07 Å². The largest absolute Gasteiger partial charge is 0.458 e. The number of esters is 1. The molecule has 0 spiro atoms. The fraction of sp³-hybridized carbons (Fsp3) is 0.500. The highest BCUT2D eigenvalue weighted by molar-refractivity contribution is 6.34. The van der Waals surface area contributed by atoms with Gasteiger partial charge in [0.25, 0.3) is 0 Å². The van der Waals surface area contributed by atoms with Gasteiger partial charge in [-0.1, -0.05) is 23.2 Å². The molecule has 0 atom stereocenters. The molecule has 98 valence electrons. The maximum absolute atomic E-state index is 11.9. The molecule has 0 aliphatic carbocycles. The molecule has 0 saturated carbocycles. The van der Waals surface area contributed by atoms with Crippen molar-refractivity contribution >= 4 is 29.2 Å². The minimum atomic E-state index is -0.503. The Kier molecular flexibility index (Phi) is 4.43. The van der Waals surface area contributed by atoms with Crippen molar-refractivity contribution in [2.75, 3.05) is 20.1 Å². The standard InChI is InChI=1S/C12H14Cl2N2O2/c1-16-6-4-8(5-7-16)18-12(17)11-9(13)2-3-10(14)15-11/h2-3,8H,4-7H2,1H3. The number of ether oxygens (including phenoxy) is 1. The summed E-state index contributed by atoms with van der Waals surface area (Å²) in [7, 11) is 2.05. The Bertz CT molecular complexity index is 446. The summed E-state index contributed by atoms with van der Waals surface area (Å²) in [5, 5.41) is 0.493. The Morgan fingerprint density at radius 3 is 2.72 bits per heavy atom. The van der Waals surface area contributed by atoms with E-state index in [9.17, 15) is 4.79 Å². The third kappa shape index (κ3) is 3.34. The Hall–Kier alpha value is -0.840. The first-order chi connectivity index (χ1) is 8.56. The number of piperidine rings is 1. The lowest BCUT2D eigenvalue weighted by Crippen LogP contribution is -2.35. The zero-order chi connectivity index (χ0) is 13.1. The molecule has 1 fully saturated rings. The Morgan fingerprint density at radius 1 is 1.39 bits per heavy atom. The molecule has 0 N–H and O–H groups in total. The maximum atomic E-state index is 11.9. The van der Waals surface area contributed by atoms with Crippen molar-refractivity contribution in [1.29, 1.82) is 0 Å². The Morgan fingerprint density at radius 2 is 2.06 bits per heavy atom. The molecular weight excluding hydrogens is 275 g/mol. The Balaban J connectivity index is 2.01. The van der Waals surface area contributed by atoms with Crippen LogP contribution < -0.4 is 0 Å². The van der Waals surface area contributed by atoms with Gasteiger partial charge in [0.2, 0.25) is 0 Å². The van der Waals surface area contributed by atoms with E-state index in [1.807, 2.05) is 7.05 Å². The molecular formula is C12H14Cl2N2O2. The third-order valence-corrected chi connectivity index (χ3v) is 3.46. The van der Waals surface area contributed by atoms with Crippen LogP contribution in [0.4, 0.5) is 0 Å². The highest BCUT2D eigenvalue weighted by atomic mass is 35.5. The molecule has 0 bridgehead atoms. The second-order valence-corrected chi connectivity index (χ2v) is 5.17. The van der Waals surface area contributed by atoms with E-state index in [2.05, 4.69) is 9.88 Å². The number of hydrogen-bond acceptors (Lipinski definition) is 4. The molecule has 1 aromatic heterocycles.